The number of carbonyl (C=O) groups is 1. The molecule has 0 aliphatic heterocycles. The molecule has 0 bridgehead atoms. The van der Waals surface area contributed by atoms with Gasteiger partial charge in [-0.3, -0.25) is 4.79 Å². The monoisotopic (exact) mass is 336 g/mol. The lowest BCUT2D eigenvalue weighted by Gasteiger charge is -2.25. The third-order valence-electron chi connectivity index (χ3n) is 3.40. The molecule has 1 aromatic rings. The van der Waals surface area contributed by atoms with Crippen molar-refractivity contribution in [2.24, 2.45) is 0 Å². The van der Waals surface area contributed by atoms with Crippen molar-refractivity contribution in [2.75, 3.05) is 0 Å². The Kier molecular flexibility index (Phi) is 4.47. The predicted molar refractivity (Wildman–Crippen MR) is 83.5 cm³/mol. The highest BCUT2D eigenvalue weighted by Crippen LogP contribution is 2.38. The molecule has 0 N–H and O–H groups in total. The summed E-state index contributed by atoms with van der Waals surface area (Å²) < 4.78 is 23.9. The van der Waals surface area contributed by atoms with E-state index in [1.807, 2.05) is 0 Å². The highest BCUT2D eigenvalue weighted by Gasteiger charge is 2.42. The van der Waals surface area contributed by atoms with Gasteiger partial charge in [0.1, 0.15) is 0 Å². The van der Waals surface area contributed by atoms with Crippen LogP contribution >= 0.6 is 11.6 Å². The second-order valence-corrected chi connectivity index (χ2v) is 7.93. The number of sulfone groups is 1. The van der Waals surface area contributed by atoms with E-state index in [0.29, 0.717) is 5.56 Å². The van der Waals surface area contributed by atoms with Crippen molar-refractivity contribution in [1.29, 1.82) is 0 Å². The Morgan fingerprint density at radius 3 is 2.64 bits per heavy atom. The number of rotatable bonds is 4. The van der Waals surface area contributed by atoms with Crippen LogP contribution in [0, 0.1) is 6.92 Å². The van der Waals surface area contributed by atoms with E-state index < -0.39 is 19.8 Å². The quantitative estimate of drug-likeness (QED) is 0.366. The first kappa shape index (κ1) is 16.4. The Bertz CT molecular complexity index is 836. The highest BCUT2D eigenvalue weighted by molar-refractivity contribution is 7.94. The average Bonchev–Trinajstić information content (AvgIpc) is 2.48. The number of ketones is 1. The van der Waals surface area contributed by atoms with Gasteiger partial charge in [-0.2, -0.15) is 4.79 Å². The first-order valence-corrected chi connectivity index (χ1v) is 8.28. The van der Waals surface area contributed by atoms with E-state index in [1.54, 1.807) is 25.1 Å². The second kappa shape index (κ2) is 6.01. The standard InChI is InChI=1S/C15H13ClN2O3S/c1-11-4-2-3-5-14(11)22(20,21)15(16)8-6-12(7-9-15)13(19)10-18-17/h2-8,10H,9H2,1H3. The molecule has 0 spiro atoms. The summed E-state index contributed by atoms with van der Waals surface area (Å²) in [4.78, 5) is 14.4. The van der Waals surface area contributed by atoms with E-state index in [9.17, 15) is 13.2 Å². The van der Waals surface area contributed by atoms with Crippen molar-refractivity contribution >= 4 is 33.4 Å². The number of alkyl halides is 1. The molecule has 1 aromatic carbocycles. The third-order valence-corrected chi connectivity index (χ3v) is 6.52. The van der Waals surface area contributed by atoms with Gasteiger partial charge < -0.3 is 5.53 Å². The smallest absolute Gasteiger partial charge is 0.328 e. The summed E-state index contributed by atoms with van der Waals surface area (Å²) in [5.41, 5.74) is 9.19. The van der Waals surface area contributed by atoms with Gasteiger partial charge in [-0.05, 0) is 24.6 Å². The number of hydrogen-bond acceptors (Lipinski definition) is 3. The summed E-state index contributed by atoms with van der Waals surface area (Å²) >= 11 is 6.31. The van der Waals surface area contributed by atoms with Crippen molar-refractivity contribution in [3.63, 3.8) is 0 Å². The molecule has 22 heavy (non-hydrogen) atoms. The molecule has 0 radical (unpaired) electrons. The van der Waals surface area contributed by atoms with Crippen LogP contribution in [0.15, 0.2) is 53.0 Å². The maximum absolute atomic E-state index is 12.8. The molecule has 7 heteroatoms. The molecule has 0 saturated carbocycles. The van der Waals surface area contributed by atoms with Gasteiger partial charge in [0.05, 0.1) is 4.90 Å². The lowest BCUT2D eigenvalue weighted by molar-refractivity contribution is -0.112. The maximum Gasteiger partial charge on any atom is 0.328 e. The van der Waals surface area contributed by atoms with E-state index >= 15 is 0 Å². The summed E-state index contributed by atoms with van der Waals surface area (Å²) in [5, 5.41) is 0. The Balaban J connectivity index is 2.39. The van der Waals surface area contributed by atoms with Gasteiger partial charge in [0.25, 0.3) is 5.78 Å². The molecule has 1 atom stereocenters. The molecule has 1 aliphatic rings. The molecular weight excluding hydrogens is 324 g/mol. The number of allylic oxidation sites excluding steroid dienone is 3. The van der Waals surface area contributed by atoms with E-state index in [1.165, 1.54) is 24.3 Å². The zero-order valence-corrected chi connectivity index (χ0v) is 13.3. The summed E-state index contributed by atoms with van der Waals surface area (Å²) in [5.74, 6) is -0.522. The van der Waals surface area contributed by atoms with Crippen LogP contribution in [0.4, 0.5) is 0 Å². The summed E-state index contributed by atoms with van der Waals surface area (Å²) in [6.45, 7) is 1.70. The summed E-state index contributed by atoms with van der Waals surface area (Å²) in [6.07, 6.45) is 4.73. The van der Waals surface area contributed by atoms with E-state index in [2.05, 4.69) is 4.79 Å². The minimum Gasteiger partial charge on any atom is -0.361 e. The summed E-state index contributed by atoms with van der Waals surface area (Å²) in [7, 11) is -3.81. The van der Waals surface area contributed by atoms with Crippen LogP contribution in [0.5, 0.6) is 0 Å². The maximum atomic E-state index is 12.8. The lowest BCUT2D eigenvalue weighted by atomic mass is 10.0. The molecule has 114 valence electrons. The average molecular weight is 337 g/mol. The zero-order valence-electron chi connectivity index (χ0n) is 11.7. The molecule has 1 unspecified atom stereocenters. The molecule has 0 fully saturated rings. The normalized spacial score (nSPS) is 20.9. The van der Waals surface area contributed by atoms with Crippen LogP contribution in [0.3, 0.4) is 0 Å². The molecule has 2 rings (SSSR count). The predicted octanol–water partition coefficient (Wildman–Crippen LogP) is 2.46. The number of benzene rings is 1. The van der Waals surface area contributed by atoms with Crippen molar-refractivity contribution in [1.82, 2.24) is 0 Å². The Morgan fingerprint density at radius 2 is 2.09 bits per heavy atom. The van der Waals surface area contributed by atoms with Crippen LogP contribution in [0.1, 0.15) is 12.0 Å². The molecule has 0 heterocycles. The number of aryl methyl sites for hydroxylation is 1. The highest BCUT2D eigenvalue weighted by atomic mass is 35.5. The number of halogens is 1. The lowest BCUT2D eigenvalue weighted by Crippen LogP contribution is -2.32. The second-order valence-electron chi connectivity index (χ2n) is 4.86. The van der Waals surface area contributed by atoms with Crippen LogP contribution in [0.2, 0.25) is 0 Å². The fourth-order valence-corrected chi connectivity index (χ4v) is 4.20. The van der Waals surface area contributed by atoms with Gasteiger partial charge in [-0.25, -0.2) is 8.42 Å². The van der Waals surface area contributed by atoms with Crippen molar-refractivity contribution in [3.05, 3.63) is 59.2 Å². The van der Waals surface area contributed by atoms with Gasteiger partial charge in [0.2, 0.25) is 9.84 Å². The van der Waals surface area contributed by atoms with Crippen LogP contribution in [-0.2, 0) is 14.6 Å². The van der Waals surface area contributed by atoms with Gasteiger partial charge in [-0.15, -0.1) is 0 Å². The zero-order chi connectivity index (χ0) is 16.4. The fraction of sp³-hybridized carbons (Fsp3) is 0.200. The first-order valence-electron chi connectivity index (χ1n) is 6.42. The van der Waals surface area contributed by atoms with Crippen molar-refractivity contribution < 1.29 is 18.0 Å². The SMILES string of the molecule is Cc1ccccc1S(=O)(=O)C1(Cl)C=CC(C(=O)C=[N+]=[N-])=CC1. The van der Waals surface area contributed by atoms with Gasteiger partial charge >= 0.3 is 6.21 Å². The molecule has 1 aliphatic carbocycles. The van der Waals surface area contributed by atoms with E-state index in [4.69, 9.17) is 17.1 Å². The Morgan fingerprint density at radius 1 is 1.41 bits per heavy atom. The van der Waals surface area contributed by atoms with E-state index in [0.717, 1.165) is 6.21 Å². The topological polar surface area (TPSA) is 87.6 Å². The molecular formula is C15H13ClN2O3S. The Hall–Kier alpha value is -2.01. The van der Waals surface area contributed by atoms with Gasteiger partial charge in [0, 0.05) is 12.0 Å². The third kappa shape index (κ3) is 2.81. The van der Waals surface area contributed by atoms with Gasteiger partial charge in [-0.1, -0.05) is 42.0 Å². The largest absolute Gasteiger partial charge is 0.361 e. The number of Topliss-reactive ketones (excluding diaryl/α,β-unsaturated/α-hetero) is 1. The van der Waals surface area contributed by atoms with E-state index in [-0.39, 0.29) is 16.9 Å². The van der Waals surface area contributed by atoms with Crippen LogP contribution in [0.25, 0.3) is 5.53 Å². The Labute approximate surface area is 133 Å². The molecule has 0 saturated heterocycles. The number of hydrogen-bond donors (Lipinski definition) is 0. The first-order chi connectivity index (χ1) is 10.3. The molecule has 5 nitrogen and oxygen atoms in total. The number of carbonyl (C=O) groups excluding carboxylic acids is 1. The molecule has 0 amide bonds. The van der Waals surface area contributed by atoms with Crippen molar-refractivity contribution in [2.45, 2.75) is 22.4 Å². The molecule has 0 aromatic heterocycles. The van der Waals surface area contributed by atoms with Gasteiger partial charge in [0.15, 0.2) is 4.21 Å². The minimum absolute atomic E-state index is 0.0535. The summed E-state index contributed by atoms with van der Waals surface area (Å²) in [6, 6.07) is 6.58. The van der Waals surface area contributed by atoms with Crippen LogP contribution < -0.4 is 0 Å². The van der Waals surface area contributed by atoms with Crippen LogP contribution in [-0.4, -0.2) is 29.4 Å². The minimum atomic E-state index is -3.81. The van der Waals surface area contributed by atoms with Crippen molar-refractivity contribution in [3.8, 4) is 0 Å². The number of nitrogens with zero attached hydrogens (tertiary/aromatic N) is 2. The fourth-order valence-electron chi connectivity index (χ4n) is 2.15.